The maximum absolute atomic E-state index is 11.6. The summed E-state index contributed by atoms with van der Waals surface area (Å²) in [6.07, 6.45) is 3.23. The first kappa shape index (κ1) is 17.0. The van der Waals surface area contributed by atoms with Crippen LogP contribution in [0.4, 0.5) is 4.79 Å². The minimum absolute atomic E-state index is 0.0303. The van der Waals surface area contributed by atoms with Gasteiger partial charge in [0, 0.05) is 12.7 Å². The number of rotatable bonds is 7. The number of unbranched alkanes of at least 4 members (excludes halogenated alkanes) is 1. The first-order valence-electron chi connectivity index (χ1n) is 6.43. The standard InChI is InChI=1S/C13H17N3O4S/c1-2-3-6-15-13(20)16-10(17)8-21-11-9(12(18)19)5-4-7-14-11/h4-5,7H,2-3,6,8H2,1H3,(H,18,19)(H2,15,16,17,20). The van der Waals surface area contributed by atoms with Gasteiger partial charge in [0.05, 0.1) is 11.3 Å². The molecule has 1 rings (SSSR count). The van der Waals surface area contributed by atoms with Crippen LogP contribution >= 0.6 is 11.8 Å². The van der Waals surface area contributed by atoms with Gasteiger partial charge in [0.1, 0.15) is 5.03 Å². The van der Waals surface area contributed by atoms with Crippen molar-refractivity contribution in [3.8, 4) is 0 Å². The third kappa shape index (κ3) is 6.26. The Bertz CT molecular complexity index is 522. The van der Waals surface area contributed by atoms with Crippen molar-refractivity contribution < 1.29 is 19.5 Å². The minimum Gasteiger partial charge on any atom is -0.478 e. The monoisotopic (exact) mass is 311 g/mol. The Morgan fingerprint density at radius 2 is 2.14 bits per heavy atom. The van der Waals surface area contributed by atoms with E-state index in [1.807, 2.05) is 6.92 Å². The van der Waals surface area contributed by atoms with E-state index in [1.165, 1.54) is 18.3 Å². The number of hydrogen-bond acceptors (Lipinski definition) is 5. The smallest absolute Gasteiger partial charge is 0.338 e. The topological polar surface area (TPSA) is 108 Å². The SMILES string of the molecule is CCCCNC(=O)NC(=O)CSc1ncccc1C(=O)O. The molecule has 0 unspecified atom stereocenters. The molecule has 0 spiro atoms. The molecule has 114 valence electrons. The molecule has 0 aliphatic heterocycles. The van der Waals surface area contributed by atoms with Gasteiger partial charge in [0.25, 0.3) is 0 Å². The maximum Gasteiger partial charge on any atom is 0.338 e. The second-order valence-electron chi connectivity index (χ2n) is 4.11. The molecule has 0 fully saturated rings. The van der Waals surface area contributed by atoms with E-state index in [4.69, 9.17) is 5.11 Å². The van der Waals surface area contributed by atoms with Gasteiger partial charge in [-0.15, -0.1) is 0 Å². The Labute approximate surface area is 126 Å². The number of amides is 3. The fourth-order valence-electron chi connectivity index (χ4n) is 1.39. The second kappa shape index (κ2) is 8.96. The highest BCUT2D eigenvalue weighted by Crippen LogP contribution is 2.19. The number of carbonyl (C=O) groups excluding carboxylic acids is 2. The summed E-state index contributed by atoms with van der Waals surface area (Å²) in [5.74, 6) is -1.70. The summed E-state index contributed by atoms with van der Waals surface area (Å²) in [6, 6.07) is 2.37. The number of carboxylic acid groups (broad SMARTS) is 1. The van der Waals surface area contributed by atoms with E-state index in [1.54, 1.807) is 0 Å². The Morgan fingerprint density at radius 3 is 2.81 bits per heavy atom. The Kier molecular flexibility index (Phi) is 7.24. The van der Waals surface area contributed by atoms with E-state index >= 15 is 0 Å². The van der Waals surface area contributed by atoms with E-state index in [2.05, 4.69) is 15.6 Å². The van der Waals surface area contributed by atoms with Gasteiger partial charge < -0.3 is 10.4 Å². The molecule has 21 heavy (non-hydrogen) atoms. The van der Waals surface area contributed by atoms with Gasteiger partial charge in [-0.1, -0.05) is 25.1 Å². The van der Waals surface area contributed by atoms with Crippen LogP contribution in [0.3, 0.4) is 0 Å². The molecule has 0 aliphatic rings. The second-order valence-corrected chi connectivity index (χ2v) is 5.07. The number of thioether (sulfide) groups is 1. The van der Waals surface area contributed by atoms with Crippen molar-refractivity contribution in [3.05, 3.63) is 23.9 Å². The zero-order valence-corrected chi connectivity index (χ0v) is 12.4. The van der Waals surface area contributed by atoms with Crippen molar-refractivity contribution in [3.63, 3.8) is 0 Å². The number of nitrogens with zero attached hydrogens (tertiary/aromatic N) is 1. The molecule has 0 radical (unpaired) electrons. The predicted molar refractivity (Wildman–Crippen MR) is 78.4 cm³/mol. The Morgan fingerprint density at radius 1 is 1.38 bits per heavy atom. The first-order chi connectivity index (χ1) is 10.0. The van der Waals surface area contributed by atoms with Crippen molar-refractivity contribution in [2.24, 2.45) is 0 Å². The van der Waals surface area contributed by atoms with Crippen LogP contribution in [0.15, 0.2) is 23.4 Å². The molecule has 0 saturated heterocycles. The lowest BCUT2D eigenvalue weighted by atomic mass is 10.3. The number of hydrogen-bond donors (Lipinski definition) is 3. The summed E-state index contributed by atoms with van der Waals surface area (Å²) >= 11 is 0.970. The van der Waals surface area contributed by atoms with E-state index < -0.39 is 17.9 Å². The Balaban J connectivity index is 2.43. The third-order valence-corrected chi connectivity index (χ3v) is 3.42. The fourth-order valence-corrected chi connectivity index (χ4v) is 2.17. The highest BCUT2D eigenvalue weighted by atomic mass is 32.2. The summed E-state index contributed by atoms with van der Waals surface area (Å²) < 4.78 is 0. The van der Waals surface area contributed by atoms with Crippen molar-refractivity contribution >= 4 is 29.7 Å². The normalized spacial score (nSPS) is 9.95. The average molecular weight is 311 g/mol. The van der Waals surface area contributed by atoms with Gasteiger partial charge in [-0.2, -0.15) is 0 Å². The summed E-state index contributed by atoms with van der Waals surface area (Å²) in [7, 11) is 0. The van der Waals surface area contributed by atoms with Crippen LogP contribution in [0.25, 0.3) is 0 Å². The summed E-state index contributed by atoms with van der Waals surface area (Å²) in [6.45, 7) is 2.50. The number of aromatic carboxylic acids is 1. The highest BCUT2D eigenvalue weighted by molar-refractivity contribution is 8.00. The summed E-state index contributed by atoms with van der Waals surface area (Å²) in [5, 5.41) is 13.9. The molecule has 0 bridgehead atoms. The van der Waals surface area contributed by atoms with Gasteiger partial charge >= 0.3 is 12.0 Å². The van der Waals surface area contributed by atoms with Gasteiger partial charge in [-0.3, -0.25) is 10.1 Å². The number of urea groups is 1. The van der Waals surface area contributed by atoms with Gasteiger partial charge in [-0.25, -0.2) is 14.6 Å². The molecule has 1 heterocycles. The van der Waals surface area contributed by atoms with Crippen LogP contribution in [0, 0.1) is 0 Å². The van der Waals surface area contributed by atoms with Crippen LogP contribution < -0.4 is 10.6 Å². The van der Waals surface area contributed by atoms with Crippen molar-refractivity contribution in [2.45, 2.75) is 24.8 Å². The number of imide groups is 1. The molecule has 0 aliphatic carbocycles. The molecule has 8 heteroatoms. The quantitative estimate of drug-likeness (QED) is 0.520. The molecule has 1 aromatic heterocycles. The first-order valence-corrected chi connectivity index (χ1v) is 7.42. The average Bonchev–Trinajstić information content (AvgIpc) is 2.45. The lowest BCUT2D eigenvalue weighted by Gasteiger charge is -2.06. The number of pyridine rings is 1. The number of aromatic nitrogens is 1. The van der Waals surface area contributed by atoms with E-state index in [9.17, 15) is 14.4 Å². The minimum atomic E-state index is -1.11. The number of carboxylic acids is 1. The summed E-state index contributed by atoms with van der Waals surface area (Å²) in [5.41, 5.74) is 0.0303. The van der Waals surface area contributed by atoms with Crippen LogP contribution in [-0.4, -0.2) is 40.3 Å². The van der Waals surface area contributed by atoms with Crippen LogP contribution in [-0.2, 0) is 4.79 Å². The summed E-state index contributed by atoms with van der Waals surface area (Å²) in [4.78, 5) is 37.8. The van der Waals surface area contributed by atoms with E-state index in [-0.39, 0.29) is 16.3 Å². The largest absolute Gasteiger partial charge is 0.478 e. The lowest BCUT2D eigenvalue weighted by Crippen LogP contribution is -2.40. The molecule has 3 amide bonds. The highest BCUT2D eigenvalue weighted by Gasteiger charge is 2.13. The van der Waals surface area contributed by atoms with Gasteiger partial charge in [-0.05, 0) is 18.6 Å². The number of carbonyl (C=O) groups is 3. The zero-order valence-electron chi connectivity index (χ0n) is 11.6. The maximum atomic E-state index is 11.6. The molecule has 0 atom stereocenters. The third-order valence-electron chi connectivity index (χ3n) is 2.41. The fraction of sp³-hybridized carbons (Fsp3) is 0.385. The van der Waals surface area contributed by atoms with Crippen LogP contribution in [0.2, 0.25) is 0 Å². The molecular formula is C13H17N3O4S. The van der Waals surface area contributed by atoms with E-state index in [0.29, 0.717) is 6.54 Å². The lowest BCUT2D eigenvalue weighted by molar-refractivity contribution is -0.117. The van der Waals surface area contributed by atoms with Gasteiger partial charge in [0.2, 0.25) is 5.91 Å². The van der Waals surface area contributed by atoms with Crippen molar-refractivity contribution in [1.29, 1.82) is 0 Å². The van der Waals surface area contributed by atoms with Crippen LogP contribution in [0.1, 0.15) is 30.1 Å². The van der Waals surface area contributed by atoms with Crippen LogP contribution in [0.5, 0.6) is 0 Å². The van der Waals surface area contributed by atoms with E-state index in [0.717, 1.165) is 24.6 Å². The molecule has 0 aromatic carbocycles. The Hall–Kier alpha value is -2.09. The van der Waals surface area contributed by atoms with Crippen molar-refractivity contribution in [2.75, 3.05) is 12.3 Å². The van der Waals surface area contributed by atoms with Crippen molar-refractivity contribution in [1.82, 2.24) is 15.6 Å². The molecular weight excluding hydrogens is 294 g/mol. The number of nitrogens with one attached hydrogen (secondary N) is 2. The van der Waals surface area contributed by atoms with Gasteiger partial charge in [0.15, 0.2) is 0 Å². The molecule has 1 aromatic rings. The zero-order chi connectivity index (χ0) is 15.7. The molecule has 7 nitrogen and oxygen atoms in total. The predicted octanol–water partition coefficient (Wildman–Crippen LogP) is 1.50. The molecule has 0 saturated carbocycles. The molecule has 3 N–H and O–H groups in total.